The molecule has 1 aromatic rings. The summed E-state index contributed by atoms with van der Waals surface area (Å²) in [4.78, 5) is 0. The van der Waals surface area contributed by atoms with Crippen molar-refractivity contribution in [2.75, 3.05) is 0 Å². The molecule has 6 heteroatoms. The molecule has 0 radical (unpaired) electrons. The summed E-state index contributed by atoms with van der Waals surface area (Å²) < 4.78 is 39.9. The lowest BCUT2D eigenvalue weighted by atomic mass is 9.99. The Morgan fingerprint density at radius 1 is 1.39 bits per heavy atom. The number of halogens is 3. The minimum atomic E-state index is -4.73. The molecule has 0 aliphatic rings. The average molecular weight is 263 g/mol. The molecule has 0 aromatic heterocycles. The molecule has 0 heterocycles. The molecule has 0 aliphatic heterocycles. The van der Waals surface area contributed by atoms with Gasteiger partial charge in [-0.3, -0.25) is 0 Å². The second kappa shape index (κ2) is 6.06. The summed E-state index contributed by atoms with van der Waals surface area (Å²) in [6, 6.07) is 4.64. The third kappa shape index (κ3) is 4.54. The van der Waals surface area contributed by atoms with Crippen LogP contribution >= 0.6 is 0 Å². The van der Waals surface area contributed by atoms with Crippen LogP contribution < -0.4 is 10.5 Å². The Balaban J connectivity index is 2.81. The first-order valence-corrected chi connectivity index (χ1v) is 5.63. The van der Waals surface area contributed by atoms with Crippen LogP contribution in [0.1, 0.15) is 31.4 Å². The highest BCUT2D eigenvalue weighted by Crippen LogP contribution is 2.26. The monoisotopic (exact) mass is 263 g/mol. The van der Waals surface area contributed by atoms with Crippen molar-refractivity contribution in [2.24, 2.45) is 5.73 Å². The number of hydrogen-bond acceptors (Lipinski definition) is 3. The van der Waals surface area contributed by atoms with Gasteiger partial charge >= 0.3 is 6.36 Å². The minimum absolute atomic E-state index is 0.334. The van der Waals surface area contributed by atoms with Gasteiger partial charge in [0.05, 0.1) is 12.1 Å². The van der Waals surface area contributed by atoms with Gasteiger partial charge in [0.25, 0.3) is 0 Å². The zero-order valence-corrected chi connectivity index (χ0v) is 9.95. The van der Waals surface area contributed by atoms with E-state index in [4.69, 9.17) is 5.73 Å². The fraction of sp³-hybridized carbons (Fsp3) is 0.500. The Hall–Kier alpha value is -1.27. The highest BCUT2D eigenvalue weighted by molar-refractivity contribution is 5.31. The highest BCUT2D eigenvalue weighted by atomic mass is 19.4. The molecule has 0 bridgehead atoms. The number of aliphatic hydroxyl groups is 1. The van der Waals surface area contributed by atoms with E-state index in [0.717, 1.165) is 6.42 Å². The Morgan fingerprint density at radius 3 is 2.61 bits per heavy atom. The quantitative estimate of drug-likeness (QED) is 0.858. The molecule has 0 aliphatic carbocycles. The number of aliphatic hydroxyl groups excluding tert-OH is 1. The van der Waals surface area contributed by atoms with Crippen LogP contribution in [-0.2, 0) is 0 Å². The van der Waals surface area contributed by atoms with E-state index in [2.05, 4.69) is 4.74 Å². The molecule has 1 rings (SSSR count). The predicted octanol–water partition coefficient (Wildman–Crippen LogP) is 2.75. The summed E-state index contributed by atoms with van der Waals surface area (Å²) >= 11 is 0. The first kappa shape index (κ1) is 14.8. The van der Waals surface area contributed by atoms with E-state index < -0.39 is 18.5 Å². The van der Waals surface area contributed by atoms with Gasteiger partial charge in [-0.2, -0.15) is 0 Å². The largest absolute Gasteiger partial charge is 0.573 e. The van der Waals surface area contributed by atoms with Crippen molar-refractivity contribution in [1.29, 1.82) is 0 Å². The standard InChI is InChI=1S/C12H16F3NO2/c1-2-4-10(17)11(16)8-5-3-6-9(7-8)18-12(13,14)15/h3,5-7,10-11,17H,2,4,16H2,1H3/t10-,11+/m0/s1. The summed E-state index contributed by atoms with van der Waals surface area (Å²) in [5.41, 5.74) is 6.18. The number of alkyl halides is 3. The number of ether oxygens (including phenoxy) is 1. The highest BCUT2D eigenvalue weighted by Gasteiger charge is 2.31. The smallest absolute Gasteiger partial charge is 0.406 e. The predicted molar refractivity (Wildman–Crippen MR) is 61.0 cm³/mol. The molecule has 0 spiro atoms. The molecule has 0 amide bonds. The van der Waals surface area contributed by atoms with Crippen molar-refractivity contribution in [1.82, 2.24) is 0 Å². The fourth-order valence-electron chi connectivity index (χ4n) is 1.62. The molecule has 0 unspecified atom stereocenters. The number of hydrogen-bond donors (Lipinski definition) is 2. The second-order valence-corrected chi connectivity index (χ2v) is 4.00. The Kier molecular flexibility index (Phi) is 4.98. The van der Waals surface area contributed by atoms with Crippen LogP contribution in [0.5, 0.6) is 5.75 Å². The van der Waals surface area contributed by atoms with E-state index in [1.165, 1.54) is 18.2 Å². The van der Waals surface area contributed by atoms with Crippen molar-refractivity contribution in [3.8, 4) is 5.75 Å². The van der Waals surface area contributed by atoms with Gasteiger partial charge in [0.1, 0.15) is 5.75 Å². The molecule has 0 fully saturated rings. The lowest BCUT2D eigenvalue weighted by molar-refractivity contribution is -0.274. The third-order valence-corrected chi connectivity index (χ3v) is 2.48. The molecule has 3 N–H and O–H groups in total. The van der Waals surface area contributed by atoms with Crippen LogP contribution in [0.25, 0.3) is 0 Å². The number of rotatable bonds is 5. The summed E-state index contributed by atoms with van der Waals surface area (Å²) in [7, 11) is 0. The number of nitrogens with two attached hydrogens (primary N) is 1. The van der Waals surface area contributed by atoms with E-state index in [1.807, 2.05) is 6.92 Å². The summed E-state index contributed by atoms with van der Waals surface area (Å²) in [5, 5.41) is 9.71. The third-order valence-electron chi connectivity index (χ3n) is 2.48. The molecule has 0 saturated heterocycles. The Bertz CT molecular complexity index is 382. The summed E-state index contributed by atoms with van der Waals surface area (Å²) in [5.74, 6) is -0.334. The molecule has 3 nitrogen and oxygen atoms in total. The van der Waals surface area contributed by atoms with Gasteiger partial charge in [0, 0.05) is 0 Å². The molecule has 1 aromatic carbocycles. The zero-order chi connectivity index (χ0) is 13.8. The van der Waals surface area contributed by atoms with Crippen molar-refractivity contribution in [3.63, 3.8) is 0 Å². The van der Waals surface area contributed by atoms with Gasteiger partial charge in [-0.1, -0.05) is 25.5 Å². The van der Waals surface area contributed by atoms with Gasteiger partial charge in [-0.15, -0.1) is 13.2 Å². The van der Waals surface area contributed by atoms with Crippen LogP contribution in [0.3, 0.4) is 0 Å². The average Bonchev–Trinajstić information content (AvgIpc) is 2.26. The lowest BCUT2D eigenvalue weighted by Gasteiger charge is -2.19. The second-order valence-electron chi connectivity index (χ2n) is 4.00. The Labute approximate surface area is 103 Å². The van der Waals surface area contributed by atoms with Gasteiger partial charge < -0.3 is 15.6 Å². The maximum atomic E-state index is 12.1. The Morgan fingerprint density at radius 2 is 2.06 bits per heavy atom. The van der Waals surface area contributed by atoms with Gasteiger partial charge in [0.15, 0.2) is 0 Å². The zero-order valence-electron chi connectivity index (χ0n) is 9.95. The van der Waals surface area contributed by atoms with E-state index in [0.29, 0.717) is 12.0 Å². The molecular weight excluding hydrogens is 247 g/mol. The van der Waals surface area contributed by atoms with E-state index in [-0.39, 0.29) is 5.75 Å². The van der Waals surface area contributed by atoms with Crippen LogP contribution in [0.4, 0.5) is 13.2 Å². The SMILES string of the molecule is CCC[C@H](O)[C@H](N)c1cccc(OC(F)(F)F)c1. The van der Waals surface area contributed by atoms with E-state index >= 15 is 0 Å². The fourth-order valence-corrected chi connectivity index (χ4v) is 1.62. The number of benzene rings is 1. The summed E-state index contributed by atoms with van der Waals surface area (Å²) in [6.45, 7) is 1.89. The van der Waals surface area contributed by atoms with Crippen molar-refractivity contribution < 1.29 is 23.0 Å². The molecule has 18 heavy (non-hydrogen) atoms. The molecule has 0 saturated carbocycles. The van der Waals surface area contributed by atoms with Gasteiger partial charge in [-0.05, 0) is 24.1 Å². The maximum absolute atomic E-state index is 12.1. The van der Waals surface area contributed by atoms with Gasteiger partial charge in [0.2, 0.25) is 0 Å². The molecule has 2 atom stereocenters. The van der Waals surface area contributed by atoms with E-state index in [9.17, 15) is 18.3 Å². The first-order chi connectivity index (χ1) is 8.33. The lowest BCUT2D eigenvalue weighted by Crippen LogP contribution is -2.26. The van der Waals surface area contributed by atoms with Crippen LogP contribution in [0.2, 0.25) is 0 Å². The summed E-state index contributed by atoms with van der Waals surface area (Å²) in [6.07, 6.45) is -4.28. The first-order valence-electron chi connectivity index (χ1n) is 5.63. The van der Waals surface area contributed by atoms with Crippen molar-refractivity contribution in [2.45, 2.75) is 38.3 Å². The molecule has 102 valence electrons. The topological polar surface area (TPSA) is 55.5 Å². The van der Waals surface area contributed by atoms with Crippen molar-refractivity contribution >= 4 is 0 Å². The van der Waals surface area contributed by atoms with Crippen LogP contribution in [0, 0.1) is 0 Å². The maximum Gasteiger partial charge on any atom is 0.573 e. The van der Waals surface area contributed by atoms with E-state index in [1.54, 1.807) is 6.07 Å². The molecular formula is C12H16F3NO2. The van der Waals surface area contributed by atoms with Crippen LogP contribution in [0.15, 0.2) is 24.3 Å². The van der Waals surface area contributed by atoms with Crippen molar-refractivity contribution in [3.05, 3.63) is 29.8 Å². The normalized spacial score (nSPS) is 15.2. The van der Waals surface area contributed by atoms with Crippen LogP contribution in [-0.4, -0.2) is 17.6 Å². The minimum Gasteiger partial charge on any atom is -0.406 e. The van der Waals surface area contributed by atoms with Gasteiger partial charge in [-0.25, -0.2) is 0 Å².